The van der Waals surface area contributed by atoms with Crippen LogP contribution in [0.2, 0.25) is 0 Å². The summed E-state index contributed by atoms with van der Waals surface area (Å²) in [5.74, 6) is -0.478. The fraction of sp³-hybridized carbons (Fsp3) is 0.333. The molecule has 0 amide bonds. The average molecular weight is 380 g/mol. The van der Waals surface area contributed by atoms with Crippen LogP contribution in [0.15, 0.2) is 16.6 Å². The highest BCUT2D eigenvalue weighted by Gasteiger charge is 2.20. The molecule has 0 fully saturated rings. The van der Waals surface area contributed by atoms with Gasteiger partial charge in [-0.05, 0) is 19.1 Å². The van der Waals surface area contributed by atoms with Crippen molar-refractivity contribution < 1.29 is 19.1 Å². The van der Waals surface area contributed by atoms with E-state index in [1.165, 1.54) is 13.8 Å². The summed E-state index contributed by atoms with van der Waals surface area (Å²) in [6, 6.07) is 3.31. The number of carbonyl (C=O) groups is 2. The molecule has 18 heavy (non-hydrogen) atoms. The van der Waals surface area contributed by atoms with Crippen LogP contribution in [0.3, 0.4) is 0 Å². The molecule has 4 nitrogen and oxygen atoms in total. The third-order valence-electron chi connectivity index (χ3n) is 2.00. The minimum Gasteiger partial charge on any atom is -0.423 e. The fourth-order valence-corrected chi connectivity index (χ4v) is 2.83. The molecule has 1 rings (SSSR count). The maximum atomic E-state index is 11.1. The molecule has 6 heteroatoms. The summed E-state index contributed by atoms with van der Waals surface area (Å²) in [6.07, 6.45) is 0. The van der Waals surface area contributed by atoms with E-state index in [-0.39, 0.29) is 16.3 Å². The maximum Gasteiger partial charge on any atom is 0.308 e. The number of carbonyl (C=O) groups excluding carboxylic acids is 2. The van der Waals surface area contributed by atoms with E-state index in [2.05, 4.69) is 31.9 Å². The van der Waals surface area contributed by atoms with Gasteiger partial charge in [0.2, 0.25) is 0 Å². The van der Waals surface area contributed by atoms with Crippen LogP contribution in [-0.4, -0.2) is 11.9 Å². The molecular weight excluding hydrogens is 368 g/mol. The fourth-order valence-electron chi connectivity index (χ4n) is 1.41. The van der Waals surface area contributed by atoms with Gasteiger partial charge in [-0.2, -0.15) is 0 Å². The molecule has 98 valence electrons. The highest BCUT2D eigenvalue weighted by Crippen LogP contribution is 2.42. The van der Waals surface area contributed by atoms with Gasteiger partial charge in [0.15, 0.2) is 11.5 Å². The third-order valence-corrected chi connectivity index (χ3v) is 3.15. The minimum atomic E-state index is -0.476. The first-order valence-electron chi connectivity index (χ1n) is 5.16. The van der Waals surface area contributed by atoms with Crippen molar-refractivity contribution in [1.82, 2.24) is 0 Å². The number of benzene rings is 1. The summed E-state index contributed by atoms with van der Waals surface area (Å²) < 4.78 is 10.9. The van der Waals surface area contributed by atoms with Gasteiger partial charge in [-0.3, -0.25) is 9.59 Å². The van der Waals surface area contributed by atoms with Gasteiger partial charge in [0.1, 0.15) is 0 Å². The van der Waals surface area contributed by atoms with Gasteiger partial charge < -0.3 is 9.47 Å². The molecule has 1 unspecified atom stereocenters. The molecule has 0 bridgehead atoms. The molecule has 0 saturated heterocycles. The smallest absolute Gasteiger partial charge is 0.308 e. The molecule has 1 atom stereocenters. The monoisotopic (exact) mass is 378 g/mol. The van der Waals surface area contributed by atoms with Crippen molar-refractivity contribution in [2.24, 2.45) is 0 Å². The van der Waals surface area contributed by atoms with Crippen molar-refractivity contribution in [3.63, 3.8) is 0 Å². The van der Waals surface area contributed by atoms with E-state index in [1.54, 1.807) is 12.1 Å². The van der Waals surface area contributed by atoms with E-state index < -0.39 is 11.9 Å². The SMILES string of the molecule is CC(=O)Oc1ccc(Br)c(C(C)Br)c1OC(C)=O. The Morgan fingerprint density at radius 3 is 2.17 bits per heavy atom. The van der Waals surface area contributed by atoms with Crippen molar-refractivity contribution in [3.8, 4) is 11.5 Å². The molecule has 0 radical (unpaired) electrons. The maximum absolute atomic E-state index is 11.1. The van der Waals surface area contributed by atoms with Gasteiger partial charge in [-0.15, -0.1) is 0 Å². The van der Waals surface area contributed by atoms with Crippen molar-refractivity contribution in [2.45, 2.75) is 25.6 Å². The highest BCUT2D eigenvalue weighted by atomic mass is 79.9. The highest BCUT2D eigenvalue weighted by molar-refractivity contribution is 9.11. The number of halogens is 2. The second-order valence-corrected chi connectivity index (χ2v) is 5.82. The molecule has 0 aliphatic heterocycles. The molecule has 0 heterocycles. The summed E-state index contributed by atoms with van der Waals surface area (Å²) in [4.78, 5) is 22.1. The van der Waals surface area contributed by atoms with Gasteiger partial charge in [0, 0.05) is 28.7 Å². The Morgan fingerprint density at radius 2 is 1.72 bits per heavy atom. The average Bonchev–Trinajstić information content (AvgIpc) is 2.20. The number of ether oxygens (including phenoxy) is 2. The molecule has 0 aliphatic carbocycles. The summed E-state index contributed by atoms with van der Waals surface area (Å²) >= 11 is 6.79. The van der Waals surface area contributed by atoms with Gasteiger partial charge in [0.05, 0.1) is 0 Å². The van der Waals surface area contributed by atoms with Crippen LogP contribution in [0.25, 0.3) is 0 Å². The van der Waals surface area contributed by atoms with E-state index in [9.17, 15) is 9.59 Å². The van der Waals surface area contributed by atoms with Gasteiger partial charge in [0.25, 0.3) is 0 Å². The largest absolute Gasteiger partial charge is 0.423 e. The Bertz CT molecular complexity index is 483. The molecule has 1 aromatic carbocycles. The van der Waals surface area contributed by atoms with E-state index >= 15 is 0 Å². The Morgan fingerprint density at radius 1 is 1.17 bits per heavy atom. The molecular formula is C12H12Br2O4. The van der Waals surface area contributed by atoms with Crippen molar-refractivity contribution in [2.75, 3.05) is 0 Å². The zero-order valence-electron chi connectivity index (χ0n) is 10.1. The molecule has 0 saturated carbocycles. The normalized spacial score (nSPS) is 11.8. The van der Waals surface area contributed by atoms with Crippen LogP contribution in [0.4, 0.5) is 0 Å². The van der Waals surface area contributed by atoms with Crippen LogP contribution in [0.1, 0.15) is 31.2 Å². The van der Waals surface area contributed by atoms with E-state index in [0.717, 1.165) is 4.47 Å². The number of alkyl halides is 1. The lowest BCUT2D eigenvalue weighted by molar-refractivity contribution is -0.134. The van der Waals surface area contributed by atoms with Crippen molar-refractivity contribution in [1.29, 1.82) is 0 Å². The first-order chi connectivity index (χ1) is 8.32. The number of hydrogen-bond donors (Lipinski definition) is 0. The predicted octanol–water partition coefficient (Wildman–Crippen LogP) is 3.76. The predicted molar refractivity (Wildman–Crippen MR) is 74.1 cm³/mol. The number of rotatable bonds is 3. The molecule has 1 aromatic rings. The second kappa shape index (κ2) is 6.33. The molecule has 0 aromatic heterocycles. The summed E-state index contributed by atoms with van der Waals surface area (Å²) in [6.45, 7) is 4.46. The van der Waals surface area contributed by atoms with E-state index in [1.807, 2.05) is 6.92 Å². The third kappa shape index (κ3) is 3.81. The first-order valence-corrected chi connectivity index (χ1v) is 6.87. The van der Waals surface area contributed by atoms with Crippen LogP contribution in [0.5, 0.6) is 11.5 Å². The lowest BCUT2D eigenvalue weighted by Gasteiger charge is -2.16. The molecule has 0 N–H and O–H groups in total. The van der Waals surface area contributed by atoms with Gasteiger partial charge in [-0.25, -0.2) is 0 Å². The van der Waals surface area contributed by atoms with Gasteiger partial charge in [-0.1, -0.05) is 31.9 Å². The molecule has 0 aliphatic rings. The standard InChI is InChI=1S/C12H12Br2O4/c1-6(13)11-9(14)4-5-10(17-7(2)15)12(11)18-8(3)16/h4-6H,1-3H3. The Labute approximate surface area is 122 Å². The first kappa shape index (κ1) is 15.2. The Balaban J connectivity index is 3.38. The van der Waals surface area contributed by atoms with Crippen LogP contribution in [-0.2, 0) is 9.59 Å². The number of hydrogen-bond acceptors (Lipinski definition) is 4. The van der Waals surface area contributed by atoms with Crippen molar-refractivity contribution in [3.05, 3.63) is 22.2 Å². The van der Waals surface area contributed by atoms with Crippen molar-refractivity contribution >= 4 is 43.8 Å². The summed E-state index contributed by atoms with van der Waals surface area (Å²) in [7, 11) is 0. The van der Waals surface area contributed by atoms with Crippen LogP contribution < -0.4 is 9.47 Å². The quantitative estimate of drug-likeness (QED) is 0.456. The summed E-state index contributed by atoms with van der Waals surface area (Å²) in [5, 5.41) is 0. The van der Waals surface area contributed by atoms with E-state index in [0.29, 0.717) is 5.56 Å². The zero-order chi connectivity index (χ0) is 13.9. The topological polar surface area (TPSA) is 52.6 Å². The zero-order valence-corrected chi connectivity index (χ0v) is 13.3. The van der Waals surface area contributed by atoms with Crippen LogP contribution >= 0.6 is 31.9 Å². The van der Waals surface area contributed by atoms with Gasteiger partial charge >= 0.3 is 11.9 Å². The minimum absolute atomic E-state index is 0.0725. The van der Waals surface area contributed by atoms with E-state index in [4.69, 9.17) is 9.47 Å². The van der Waals surface area contributed by atoms with Crippen LogP contribution in [0, 0.1) is 0 Å². The summed E-state index contributed by atoms with van der Waals surface area (Å²) in [5.41, 5.74) is 0.712. The second-order valence-electron chi connectivity index (χ2n) is 3.59. The Hall–Kier alpha value is -0.880. The number of esters is 2. The molecule has 0 spiro atoms. The lowest BCUT2D eigenvalue weighted by atomic mass is 10.1. The lowest BCUT2D eigenvalue weighted by Crippen LogP contribution is -2.09. The Kier molecular flexibility index (Phi) is 5.34.